The molecule has 4 nitrogen and oxygen atoms in total. The molecule has 0 amide bonds. The number of pyridine rings is 1. The molecule has 0 N–H and O–H groups in total. The monoisotopic (exact) mass is 956 g/mol. The number of furan rings is 1. The maximum atomic E-state index is 6.84. The van der Waals surface area contributed by atoms with Crippen LogP contribution in [0.5, 0.6) is 0 Å². The summed E-state index contributed by atoms with van der Waals surface area (Å²) in [6.45, 7) is 0. The summed E-state index contributed by atoms with van der Waals surface area (Å²) in [5, 5.41) is 14.0. The van der Waals surface area contributed by atoms with Crippen LogP contribution < -0.4 is 0 Å². The second-order valence-corrected chi connectivity index (χ2v) is 15.1. The topological polar surface area (TPSA) is 43.3 Å². The summed E-state index contributed by atoms with van der Waals surface area (Å²) in [5.74, 6) is 0.807. The van der Waals surface area contributed by atoms with Gasteiger partial charge in [-0.1, -0.05) is 138 Å². The predicted molar refractivity (Wildman–Crippen MR) is 249 cm³/mol. The molecule has 289 valence electrons. The molecule has 9 aromatic carbocycles. The van der Waals surface area contributed by atoms with E-state index in [0.29, 0.717) is 0 Å². The average Bonchev–Trinajstić information content (AvgIpc) is 3.91. The quantitative estimate of drug-likeness (QED) is 0.128. The van der Waals surface area contributed by atoms with Crippen molar-refractivity contribution >= 4 is 92.4 Å². The molecule has 1 radical (unpaired) electrons. The molecule has 0 bridgehead atoms. The van der Waals surface area contributed by atoms with Gasteiger partial charge in [0.2, 0.25) is 0 Å². The van der Waals surface area contributed by atoms with Crippen molar-refractivity contribution in [3.8, 4) is 22.6 Å². The number of para-hydroxylation sites is 2. The van der Waals surface area contributed by atoms with Crippen LogP contribution in [0.3, 0.4) is 0 Å². The molecule has 0 atom stereocenters. The number of benzene rings is 9. The molecule has 5 heteroatoms. The van der Waals surface area contributed by atoms with Crippen molar-refractivity contribution in [1.29, 1.82) is 0 Å². The molecular formula is C56H33IrN3O-2. The van der Waals surface area contributed by atoms with Gasteiger partial charge in [-0.15, -0.1) is 54.1 Å². The number of aromatic nitrogens is 3. The molecule has 0 saturated heterocycles. The molecular weight excluding hydrogens is 923 g/mol. The predicted octanol–water partition coefficient (Wildman–Crippen LogP) is 14.7. The molecule has 0 aliphatic rings. The van der Waals surface area contributed by atoms with Crippen LogP contribution in [-0.2, 0) is 20.1 Å². The van der Waals surface area contributed by atoms with Gasteiger partial charge in [0.05, 0.1) is 22.4 Å². The first-order chi connectivity index (χ1) is 29.8. The summed E-state index contributed by atoms with van der Waals surface area (Å²) in [7, 11) is 0. The number of imidazole rings is 1. The summed E-state index contributed by atoms with van der Waals surface area (Å²) in [6, 6.07) is 74.5. The van der Waals surface area contributed by atoms with E-state index in [-0.39, 0.29) is 20.1 Å². The van der Waals surface area contributed by atoms with Gasteiger partial charge in [0.25, 0.3) is 0 Å². The Bertz CT molecular complexity index is 3800. The van der Waals surface area contributed by atoms with Crippen LogP contribution in [0.2, 0.25) is 0 Å². The summed E-state index contributed by atoms with van der Waals surface area (Å²) in [4.78, 5) is 9.60. The van der Waals surface area contributed by atoms with Crippen molar-refractivity contribution in [3.05, 3.63) is 212 Å². The summed E-state index contributed by atoms with van der Waals surface area (Å²) < 4.78 is 9.17. The Morgan fingerprint density at radius 3 is 1.90 bits per heavy atom. The Kier molecular flexibility index (Phi) is 9.00. The van der Waals surface area contributed by atoms with E-state index in [1.54, 1.807) is 6.20 Å². The number of hydrogen-bond acceptors (Lipinski definition) is 3. The van der Waals surface area contributed by atoms with Crippen LogP contribution in [0.15, 0.2) is 205 Å². The first kappa shape index (κ1) is 36.6. The van der Waals surface area contributed by atoms with Crippen LogP contribution in [0, 0.1) is 12.1 Å². The number of hydrogen-bond donors (Lipinski definition) is 0. The smallest absolute Gasteiger partial charge is 0.121 e. The molecule has 13 rings (SSSR count). The number of nitrogens with zero attached hydrogens (tertiary/aromatic N) is 3. The third kappa shape index (κ3) is 6.01. The van der Waals surface area contributed by atoms with Crippen molar-refractivity contribution in [3.63, 3.8) is 0 Å². The molecule has 0 saturated carbocycles. The van der Waals surface area contributed by atoms with Gasteiger partial charge < -0.3 is 13.8 Å². The van der Waals surface area contributed by atoms with Gasteiger partial charge in [-0.2, -0.15) is 0 Å². The molecule has 4 aromatic heterocycles. The summed E-state index contributed by atoms with van der Waals surface area (Å²) in [5.41, 5.74) is 7.57. The van der Waals surface area contributed by atoms with Crippen molar-refractivity contribution in [2.75, 3.05) is 0 Å². The minimum atomic E-state index is 0. The fourth-order valence-corrected chi connectivity index (χ4v) is 9.03. The second-order valence-electron chi connectivity index (χ2n) is 15.1. The standard InChI is InChI=1S/C45H25N2O.C11H8N.Ir/c1-2-12-29-27(11-1)23-24-28-25-39-36-19-9-20-37(44(36)48-42(39)26-38(28)29)45-46-40-21-10-18-35-33-16-6-4-14-31(33)30-13-3-5-15-32(30)34-17-7-8-22-41(34)47(45)43(35)40;1-2-6-10(7-3-1)11-8-4-5-9-12-11;/h1-19,21-26H;1-6,8-9H;/q2*-1;. The van der Waals surface area contributed by atoms with Crippen molar-refractivity contribution in [2.24, 2.45) is 0 Å². The van der Waals surface area contributed by atoms with Crippen LogP contribution >= 0.6 is 0 Å². The molecule has 61 heavy (non-hydrogen) atoms. The summed E-state index contributed by atoms with van der Waals surface area (Å²) in [6.07, 6.45) is 1.79. The zero-order chi connectivity index (χ0) is 39.6. The Hall–Kier alpha value is -7.43. The minimum Gasteiger partial charge on any atom is -0.501 e. The number of fused-ring (bicyclic) bond motifs is 13. The van der Waals surface area contributed by atoms with Gasteiger partial charge in [-0.05, 0) is 79.1 Å². The SMILES string of the molecule is [Ir].[c-]1ccc2c(oc3cc4c(ccc5ccccc54)cc32)c1-c1nc2cccc3c4ccccc4c4ccccc4c4ccccc4n1c23.[c-]1ccccc1-c1ccccn1. The zero-order valence-electron chi connectivity index (χ0n) is 32.6. The van der Waals surface area contributed by atoms with Crippen LogP contribution in [0.4, 0.5) is 0 Å². The molecule has 0 aliphatic heterocycles. The van der Waals surface area contributed by atoms with E-state index in [1.165, 1.54) is 43.1 Å². The Balaban J connectivity index is 0.000000280. The van der Waals surface area contributed by atoms with E-state index in [4.69, 9.17) is 9.40 Å². The first-order valence-electron chi connectivity index (χ1n) is 20.2. The Morgan fingerprint density at radius 1 is 0.459 bits per heavy atom. The van der Waals surface area contributed by atoms with Gasteiger partial charge >= 0.3 is 0 Å². The number of rotatable bonds is 2. The van der Waals surface area contributed by atoms with Crippen LogP contribution in [-0.4, -0.2) is 14.4 Å². The average molecular weight is 956 g/mol. The van der Waals surface area contributed by atoms with E-state index >= 15 is 0 Å². The van der Waals surface area contributed by atoms with E-state index in [9.17, 15) is 0 Å². The van der Waals surface area contributed by atoms with Gasteiger partial charge in [0.1, 0.15) is 5.58 Å². The molecule has 0 fully saturated rings. The molecule has 13 aromatic rings. The van der Waals surface area contributed by atoms with Gasteiger partial charge in [0, 0.05) is 48.0 Å². The molecule has 0 unspecified atom stereocenters. The maximum Gasteiger partial charge on any atom is 0.121 e. The molecule has 4 heterocycles. The third-order valence-corrected chi connectivity index (χ3v) is 11.7. The second kappa shape index (κ2) is 15.0. The maximum absolute atomic E-state index is 6.84. The van der Waals surface area contributed by atoms with Crippen molar-refractivity contribution < 1.29 is 24.5 Å². The largest absolute Gasteiger partial charge is 0.501 e. The van der Waals surface area contributed by atoms with Gasteiger partial charge in [-0.3, -0.25) is 4.98 Å². The van der Waals surface area contributed by atoms with Crippen molar-refractivity contribution in [1.82, 2.24) is 14.4 Å². The van der Waals surface area contributed by atoms with E-state index in [0.717, 1.165) is 71.9 Å². The van der Waals surface area contributed by atoms with Crippen LogP contribution in [0.1, 0.15) is 0 Å². The molecule has 0 spiro atoms. The van der Waals surface area contributed by atoms with Crippen LogP contribution in [0.25, 0.3) is 115 Å². The van der Waals surface area contributed by atoms with Gasteiger partial charge in [0.15, 0.2) is 0 Å². The van der Waals surface area contributed by atoms with E-state index in [1.807, 2.05) is 48.5 Å². The summed E-state index contributed by atoms with van der Waals surface area (Å²) >= 11 is 0. The Morgan fingerprint density at radius 2 is 1.13 bits per heavy atom. The minimum absolute atomic E-state index is 0. The van der Waals surface area contributed by atoms with Crippen molar-refractivity contribution in [2.45, 2.75) is 0 Å². The van der Waals surface area contributed by atoms with E-state index < -0.39 is 0 Å². The fraction of sp³-hybridized carbons (Fsp3) is 0. The normalized spacial score (nSPS) is 11.5. The van der Waals surface area contributed by atoms with Gasteiger partial charge in [-0.25, -0.2) is 0 Å². The fourth-order valence-electron chi connectivity index (χ4n) is 9.03. The van der Waals surface area contributed by atoms with E-state index in [2.05, 4.69) is 167 Å². The first-order valence-corrected chi connectivity index (χ1v) is 20.2. The molecule has 0 aliphatic carbocycles. The Labute approximate surface area is 364 Å². The zero-order valence-corrected chi connectivity index (χ0v) is 35.0. The third-order valence-electron chi connectivity index (χ3n) is 11.7.